The largest absolute Gasteiger partial charge is 0.508 e. The Morgan fingerprint density at radius 1 is 1.09 bits per heavy atom. The van der Waals surface area contributed by atoms with Crippen molar-refractivity contribution < 1.29 is 10.0 Å². The van der Waals surface area contributed by atoms with Crippen molar-refractivity contribution in [3.63, 3.8) is 0 Å². The van der Waals surface area contributed by atoms with E-state index in [2.05, 4.69) is 12.2 Å². The zero-order chi connectivity index (χ0) is 15.9. The second-order valence-corrected chi connectivity index (χ2v) is 5.41. The van der Waals surface area contributed by atoms with Crippen LogP contribution in [0.2, 0.25) is 0 Å². The second kappa shape index (κ2) is 7.56. The SMILES string of the molecule is CC(CCc1ccc(O)cc1)NCc1ccc([N+](=O)[O-])cc1. The number of nitrogens with zero attached hydrogens (tertiary/aromatic N) is 1. The Kier molecular flexibility index (Phi) is 5.49. The van der Waals surface area contributed by atoms with Crippen molar-refractivity contribution in [1.82, 2.24) is 5.32 Å². The van der Waals surface area contributed by atoms with E-state index in [0.29, 0.717) is 12.6 Å². The van der Waals surface area contributed by atoms with Crippen molar-refractivity contribution >= 4 is 5.69 Å². The molecule has 0 spiro atoms. The maximum absolute atomic E-state index is 10.6. The summed E-state index contributed by atoms with van der Waals surface area (Å²) in [6.07, 6.45) is 1.92. The van der Waals surface area contributed by atoms with Crippen LogP contribution in [-0.4, -0.2) is 16.1 Å². The number of hydrogen-bond donors (Lipinski definition) is 2. The zero-order valence-electron chi connectivity index (χ0n) is 12.5. The number of non-ortho nitro benzene ring substituents is 1. The molecule has 0 fully saturated rings. The number of rotatable bonds is 7. The van der Waals surface area contributed by atoms with Crippen LogP contribution in [0.5, 0.6) is 5.75 Å². The molecule has 0 aliphatic heterocycles. The second-order valence-electron chi connectivity index (χ2n) is 5.41. The Bertz CT molecular complexity index is 609. The molecule has 5 heteroatoms. The van der Waals surface area contributed by atoms with Gasteiger partial charge in [0.25, 0.3) is 5.69 Å². The van der Waals surface area contributed by atoms with Crippen LogP contribution < -0.4 is 5.32 Å². The fourth-order valence-corrected chi connectivity index (χ4v) is 2.18. The van der Waals surface area contributed by atoms with Gasteiger partial charge < -0.3 is 10.4 Å². The number of benzene rings is 2. The number of aryl methyl sites for hydroxylation is 1. The van der Waals surface area contributed by atoms with Crippen LogP contribution in [0.4, 0.5) is 5.69 Å². The summed E-state index contributed by atoms with van der Waals surface area (Å²) in [5.41, 5.74) is 2.34. The van der Waals surface area contributed by atoms with E-state index >= 15 is 0 Å². The van der Waals surface area contributed by atoms with Crippen molar-refractivity contribution in [2.75, 3.05) is 0 Å². The lowest BCUT2D eigenvalue weighted by atomic mass is 10.1. The Hall–Kier alpha value is -2.40. The summed E-state index contributed by atoms with van der Waals surface area (Å²) in [5, 5.41) is 23.2. The predicted molar refractivity (Wildman–Crippen MR) is 85.8 cm³/mol. The van der Waals surface area contributed by atoms with Gasteiger partial charge in [-0.15, -0.1) is 0 Å². The maximum Gasteiger partial charge on any atom is 0.269 e. The van der Waals surface area contributed by atoms with Crippen LogP contribution in [0.25, 0.3) is 0 Å². The lowest BCUT2D eigenvalue weighted by Crippen LogP contribution is -2.25. The van der Waals surface area contributed by atoms with E-state index < -0.39 is 4.92 Å². The Morgan fingerprint density at radius 2 is 1.68 bits per heavy atom. The first-order valence-corrected chi connectivity index (χ1v) is 7.29. The van der Waals surface area contributed by atoms with Crippen molar-refractivity contribution in [1.29, 1.82) is 0 Å². The average molecular weight is 300 g/mol. The van der Waals surface area contributed by atoms with Crippen molar-refractivity contribution in [3.8, 4) is 5.75 Å². The molecule has 5 nitrogen and oxygen atoms in total. The van der Waals surface area contributed by atoms with Gasteiger partial charge in [0.15, 0.2) is 0 Å². The molecule has 0 radical (unpaired) electrons. The molecule has 0 saturated carbocycles. The van der Waals surface area contributed by atoms with Gasteiger partial charge in [0.1, 0.15) is 5.75 Å². The highest BCUT2D eigenvalue weighted by atomic mass is 16.6. The van der Waals surface area contributed by atoms with E-state index in [1.165, 1.54) is 17.7 Å². The number of phenolic OH excluding ortho intramolecular Hbond substituents is 1. The summed E-state index contributed by atoms with van der Waals surface area (Å²) in [6, 6.07) is 14.2. The van der Waals surface area contributed by atoms with Crippen LogP contribution in [0.1, 0.15) is 24.5 Å². The Labute approximate surface area is 129 Å². The highest BCUT2D eigenvalue weighted by molar-refractivity contribution is 5.32. The van der Waals surface area contributed by atoms with Gasteiger partial charge in [0, 0.05) is 24.7 Å². The monoisotopic (exact) mass is 300 g/mol. The van der Waals surface area contributed by atoms with E-state index in [1.807, 2.05) is 12.1 Å². The molecule has 116 valence electrons. The number of nitro groups is 1. The summed E-state index contributed by atoms with van der Waals surface area (Å²) >= 11 is 0. The number of nitro benzene ring substituents is 1. The number of aromatic hydroxyl groups is 1. The fraction of sp³-hybridized carbons (Fsp3) is 0.294. The first-order valence-electron chi connectivity index (χ1n) is 7.29. The standard InChI is InChI=1S/C17H20N2O3/c1-13(2-3-14-6-10-17(20)11-7-14)18-12-15-4-8-16(9-5-15)19(21)22/h4-11,13,18,20H,2-3,12H2,1H3. The van der Waals surface area contributed by atoms with Gasteiger partial charge in [-0.2, -0.15) is 0 Å². The molecule has 1 atom stereocenters. The molecule has 0 aromatic heterocycles. The average Bonchev–Trinajstić information content (AvgIpc) is 2.52. The first-order chi connectivity index (χ1) is 10.5. The van der Waals surface area contributed by atoms with Gasteiger partial charge >= 0.3 is 0 Å². The fourth-order valence-electron chi connectivity index (χ4n) is 2.18. The maximum atomic E-state index is 10.6. The van der Waals surface area contributed by atoms with Crippen LogP contribution in [-0.2, 0) is 13.0 Å². The third-order valence-electron chi connectivity index (χ3n) is 3.60. The third kappa shape index (κ3) is 4.86. The summed E-state index contributed by atoms with van der Waals surface area (Å²) in [6.45, 7) is 2.81. The molecule has 2 aromatic rings. The minimum atomic E-state index is -0.391. The van der Waals surface area contributed by atoms with E-state index in [-0.39, 0.29) is 11.4 Å². The third-order valence-corrected chi connectivity index (χ3v) is 3.60. The summed E-state index contributed by atoms with van der Waals surface area (Å²) in [7, 11) is 0. The Balaban J connectivity index is 1.76. The van der Waals surface area contributed by atoms with Gasteiger partial charge in [-0.25, -0.2) is 0 Å². The van der Waals surface area contributed by atoms with Gasteiger partial charge in [-0.1, -0.05) is 24.3 Å². The lowest BCUT2D eigenvalue weighted by Gasteiger charge is -2.14. The normalized spacial score (nSPS) is 12.0. The van der Waals surface area contributed by atoms with E-state index in [0.717, 1.165) is 18.4 Å². The molecule has 0 amide bonds. The first kappa shape index (κ1) is 16.0. The van der Waals surface area contributed by atoms with E-state index in [9.17, 15) is 15.2 Å². The van der Waals surface area contributed by atoms with Gasteiger partial charge in [-0.3, -0.25) is 10.1 Å². The summed E-state index contributed by atoms with van der Waals surface area (Å²) < 4.78 is 0. The lowest BCUT2D eigenvalue weighted by molar-refractivity contribution is -0.384. The molecule has 0 bridgehead atoms. The van der Waals surface area contributed by atoms with Crippen molar-refractivity contribution in [3.05, 3.63) is 69.8 Å². The molecule has 2 rings (SSSR count). The number of phenols is 1. The van der Waals surface area contributed by atoms with Gasteiger partial charge in [0.05, 0.1) is 4.92 Å². The topological polar surface area (TPSA) is 75.4 Å². The molecule has 0 heterocycles. The molecule has 0 saturated heterocycles. The van der Waals surface area contributed by atoms with Crippen LogP contribution >= 0.6 is 0 Å². The summed E-state index contributed by atoms with van der Waals surface area (Å²) in [4.78, 5) is 10.2. The molecule has 0 aliphatic rings. The molecule has 1 unspecified atom stereocenters. The highest BCUT2D eigenvalue weighted by Crippen LogP contribution is 2.13. The van der Waals surface area contributed by atoms with Crippen LogP contribution in [0.3, 0.4) is 0 Å². The molecule has 0 aliphatic carbocycles. The molecular weight excluding hydrogens is 280 g/mol. The summed E-state index contributed by atoms with van der Waals surface area (Å²) in [5.74, 6) is 0.285. The molecule has 22 heavy (non-hydrogen) atoms. The van der Waals surface area contributed by atoms with Crippen molar-refractivity contribution in [2.45, 2.75) is 32.4 Å². The Morgan fingerprint density at radius 3 is 2.27 bits per heavy atom. The quantitative estimate of drug-likeness (QED) is 0.607. The van der Waals surface area contributed by atoms with E-state index in [4.69, 9.17) is 0 Å². The zero-order valence-corrected chi connectivity index (χ0v) is 12.5. The van der Waals surface area contributed by atoms with Crippen LogP contribution in [0, 0.1) is 10.1 Å². The van der Waals surface area contributed by atoms with Gasteiger partial charge in [0.2, 0.25) is 0 Å². The molecule has 2 aromatic carbocycles. The van der Waals surface area contributed by atoms with Gasteiger partial charge in [-0.05, 0) is 43.0 Å². The number of nitrogens with one attached hydrogen (secondary N) is 1. The predicted octanol–water partition coefficient (Wildman–Crippen LogP) is 3.41. The number of hydrogen-bond acceptors (Lipinski definition) is 4. The molecular formula is C17H20N2O3. The molecule has 2 N–H and O–H groups in total. The van der Waals surface area contributed by atoms with E-state index in [1.54, 1.807) is 24.3 Å². The van der Waals surface area contributed by atoms with Crippen LogP contribution in [0.15, 0.2) is 48.5 Å². The highest BCUT2D eigenvalue weighted by Gasteiger charge is 2.06. The minimum Gasteiger partial charge on any atom is -0.508 e. The smallest absolute Gasteiger partial charge is 0.269 e. The minimum absolute atomic E-state index is 0.115. The van der Waals surface area contributed by atoms with Crippen molar-refractivity contribution in [2.24, 2.45) is 0 Å².